The largest absolute Gasteiger partial charge is 0.483 e. The Balaban J connectivity index is 2.19. The van der Waals surface area contributed by atoms with Crippen LogP contribution in [0.4, 0.5) is 0 Å². The Morgan fingerprint density at radius 3 is 2.47 bits per heavy atom. The zero-order valence-electron chi connectivity index (χ0n) is 18.4. The van der Waals surface area contributed by atoms with Gasteiger partial charge in [-0.1, -0.05) is 54.4 Å². The lowest BCUT2D eigenvalue weighted by Crippen LogP contribution is -2.50. The van der Waals surface area contributed by atoms with Crippen molar-refractivity contribution in [2.24, 2.45) is 0 Å². The number of amides is 2. The normalized spacial score (nSPS) is 12.7. The van der Waals surface area contributed by atoms with E-state index in [2.05, 4.69) is 5.32 Å². The number of carbonyl (C=O) groups is 2. The van der Waals surface area contributed by atoms with Crippen LogP contribution in [0, 0.1) is 13.8 Å². The maximum atomic E-state index is 13.1. The molecule has 0 aliphatic rings. The SMILES string of the molecule is CC[C@@H](C)NC(=O)[C@H](C)N(Cc1ccccc1Cl)C(=O)COc1ccc(C)cc1C. The van der Waals surface area contributed by atoms with Crippen LogP contribution in [0.2, 0.25) is 5.02 Å². The fourth-order valence-electron chi connectivity index (χ4n) is 3.04. The molecule has 0 radical (unpaired) electrons. The molecule has 2 aromatic carbocycles. The second kappa shape index (κ2) is 11.0. The van der Waals surface area contributed by atoms with Gasteiger partial charge < -0.3 is 15.0 Å². The quantitative estimate of drug-likeness (QED) is 0.629. The summed E-state index contributed by atoms with van der Waals surface area (Å²) in [7, 11) is 0. The van der Waals surface area contributed by atoms with Gasteiger partial charge in [-0.2, -0.15) is 0 Å². The number of aryl methyl sites for hydroxylation is 2. The molecular weight excluding hydrogens is 400 g/mol. The molecule has 0 aromatic heterocycles. The average molecular weight is 431 g/mol. The smallest absolute Gasteiger partial charge is 0.261 e. The molecule has 6 heteroatoms. The number of rotatable bonds is 9. The van der Waals surface area contributed by atoms with Gasteiger partial charge in [0.15, 0.2) is 6.61 Å². The summed E-state index contributed by atoms with van der Waals surface area (Å²) in [4.78, 5) is 27.3. The highest BCUT2D eigenvalue weighted by atomic mass is 35.5. The lowest BCUT2D eigenvalue weighted by atomic mass is 10.1. The molecule has 2 aromatic rings. The van der Waals surface area contributed by atoms with Crippen LogP contribution in [0.15, 0.2) is 42.5 Å². The monoisotopic (exact) mass is 430 g/mol. The summed E-state index contributed by atoms with van der Waals surface area (Å²) < 4.78 is 5.78. The van der Waals surface area contributed by atoms with E-state index >= 15 is 0 Å². The number of nitrogens with one attached hydrogen (secondary N) is 1. The summed E-state index contributed by atoms with van der Waals surface area (Å²) >= 11 is 6.30. The molecule has 0 aliphatic carbocycles. The van der Waals surface area contributed by atoms with Crippen LogP contribution in [0.3, 0.4) is 0 Å². The van der Waals surface area contributed by atoms with E-state index in [1.165, 1.54) is 4.90 Å². The fourth-order valence-corrected chi connectivity index (χ4v) is 3.24. The molecule has 2 rings (SSSR count). The Bertz CT molecular complexity index is 885. The number of hydrogen-bond donors (Lipinski definition) is 1. The predicted molar refractivity (Wildman–Crippen MR) is 121 cm³/mol. The first-order valence-electron chi connectivity index (χ1n) is 10.3. The topological polar surface area (TPSA) is 58.6 Å². The van der Waals surface area contributed by atoms with Crippen LogP contribution >= 0.6 is 11.6 Å². The van der Waals surface area contributed by atoms with Crippen molar-refractivity contribution < 1.29 is 14.3 Å². The Morgan fingerprint density at radius 2 is 1.83 bits per heavy atom. The van der Waals surface area contributed by atoms with E-state index in [0.29, 0.717) is 10.8 Å². The molecule has 5 nitrogen and oxygen atoms in total. The minimum absolute atomic E-state index is 0.0312. The lowest BCUT2D eigenvalue weighted by Gasteiger charge is -2.30. The van der Waals surface area contributed by atoms with Crippen molar-refractivity contribution in [3.05, 3.63) is 64.2 Å². The Kier molecular flexibility index (Phi) is 8.72. The molecule has 2 atom stereocenters. The number of benzene rings is 2. The second-order valence-corrected chi connectivity index (χ2v) is 8.07. The number of hydrogen-bond acceptors (Lipinski definition) is 3. The standard InChI is InChI=1S/C24H31ClN2O3/c1-6-18(4)26-24(29)19(5)27(14-20-9-7-8-10-21(20)25)23(28)15-30-22-12-11-16(2)13-17(22)3/h7-13,18-19H,6,14-15H2,1-5H3,(H,26,29)/t18-,19+/m1/s1. The average Bonchev–Trinajstić information content (AvgIpc) is 2.71. The van der Waals surface area contributed by atoms with E-state index in [1.807, 2.05) is 64.1 Å². The number of carbonyl (C=O) groups excluding carboxylic acids is 2. The number of halogens is 1. The third kappa shape index (κ3) is 6.49. The van der Waals surface area contributed by atoms with Crippen molar-refractivity contribution in [3.8, 4) is 5.75 Å². The van der Waals surface area contributed by atoms with Crippen LogP contribution in [0.5, 0.6) is 5.75 Å². The number of ether oxygens (including phenoxy) is 1. The third-order valence-electron chi connectivity index (χ3n) is 5.15. The molecule has 1 N–H and O–H groups in total. The highest BCUT2D eigenvalue weighted by Gasteiger charge is 2.27. The maximum absolute atomic E-state index is 13.1. The molecule has 0 heterocycles. The van der Waals surface area contributed by atoms with Crippen molar-refractivity contribution in [2.45, 2.75) is 59.7 Å². The van der Waals surface area contributed by atoms with E-state index in [9.17, 15) is 9.59 Å². The van der Waals surface area contributed by atoms with Crippen LogP contribution in [0.1, 0.15) is 43.9 Å². The molecule has 0 fully saturated rings. The van der Waals surface area contributed by atoms with Crippen LogP contribution in [0.25, 0.3) is 0 Å². The summed E-state index contributed by atoms with van der Waals surface area (Å²) in [5.41, 5.74) is 2.87. The molecule has 162 valence electrons. The van der Waals surface area contributed by atoms with Crippen LogP contribution < -0.4 is 10.1 Å². The maximum Gasteiger partial charge on any atom is 0.261 e. The number of nitrogens with zero attached hydrogens (tertiary/aromatic N) is 1. The van der Waals surface area contributed by atoms with Crippen LogP contribution in [-0.2, 0) is 16.1 Å². The molecule has 2 amide bonds. The minimum Gasteiger partial charge on any atom is -0.483 e. The fraction of sp³-hybridized carbons (Fsp3) is 0.417. The zero-order valence-corrected chi connectivity index (χ0v) is 19.1. The Hall–Kier alpha value is -2.53. The molecule has 0 unspecified atom stereocenters. The van der Waals surface area contributed by atoms with Gasteiger partial charge >= 0.3 is 0 Å². The van der Waals surface area contributed by atoms with Gasteiger partial charge in [-0.3, -0.25) is 9.59 Å². The summed E-state index contributed by atoms with van der Waals surface area (Å²) in [6.07, 6.45) is 0.812. The minimum atomic E-state index is -0.662. The van der Waals surface area contributed by atoms with E-state index in [-0.39, 0.29) is 31.0 Å². The molecule has 0 saturated heterocycles. The lowest BCUT2D eigenvalue weighted by molar-refractivity contribution is -0.142. The zero-order chi connectivity index (χ0) is 22.3. The van der Waals surface area contributed by atoms with E-state index in [1.54, 1.807) is 13.0 Å². The molecule has 0 aliphatic heterocycles. The van der Waals surface area contributed by atoms with E-state index in [4.69, 9.17) is 16.3 Å². The molecule has 30 heavy (non-hydrogen) atoms. The van der Waals surface area contributed by atoms with E-state index < -0.39 is 6.04 Å². The Labute approximate surface area is 184 Å². The predicted octanol–water partition coefficient (Wildman–Crippen LogP) is 4.67. The van der Waals surface area contributed by atoms with Crippen molar-refractivity contribution in [3.63, 3.8) is 0 Å². The summed E-state index contributed by atoms with van der Waals surface area (Å²) in [6.45, 7) is 9.68. The molecule has 0 saturated carbocycles. The second-order valence-electron chi connectivity index (χ2n) is 7.66. The van der Waals surface area contributed by atoms with Gasteiger partial charge in [0.2, 0.25) is 5.91 Å². The Morgan fingerprint density at radius 1 is 1.13 bits per heavy atom. The van der Waals surface area contributed by atoms with Gasteiger partial charge in [-0.05, 0) is 57.4 Å². The van der Waals surface area contributed by atoms with Gasteiger partial charge in [-0.15, -0.1) is 0 Å². The summed E-state index contributed by atoms with van der Waals surface area (Å²) in [5, 5.41) is 3.50. The van der Waals surface area contributed by atoms with Crippen molar-refractivity contribution in [1.29, 1.82) is 0 Å². The van der Waals surface area contributed by atoms with Crippen LogP contribution in [-0.4, -0.2) is 35.4 Å². The van der Waals surface area contributed by atoms with Gasteiger partial charge in [0.25, 0.3) is 5.91 Å². The van der Waals surface area contributed by atoms with Crippen molar-refractivity contribution in [1.82, 2.24) is 10.2 Å². The van der Waals surface area contributed by atoms with Gasteiger partial charge in [-0.25, -0.2) is 0 Å². The first-order chi connectivity index (χ1) is 14.2. The summed E-state index contributed by atoms with van der Waals surface area (Å²) in [5.74, 6) is 0.182. The third-order valence-corrected chi connectivity index (χ3v) is 5.52. The highest BCUT2D eigenvalue weighted by Crippen LogP contribution is 2.21. The first kappa shape index (κ1) is 23.7. The van der Waals surface area contributed by atoms with Crippen molar-refractivity contribution in [2.75, 3.05) is 6.61 Å². The highest BCUT2D eigenvalue weighted by molar-refractivity contribution is 6.31. The first-order valence-corrected chi connectivity index (χ1v) is 10.6. The van der Waals surface area contributed by atoms with Gasteiger partial charge in [0.05, 0.1) is 0 Å². The summed E-state index contributed by atoms with van der Waals surface area (Å²) in [6, 6.07) is 12.5. The van der Waals surface area contributed by atoms with E-state index in [0.717, 1.165) is 23.1 Å². The van der Waals surface area contributed by atoms with Crippen molar-refractivity contribution >= 4 is 23.4 Å². The molecular formula is C24H31ClN2O3. The van der Waals surface area contributed by atoms with Gasteiger partial charge in [0.1, 0.15) is 11.8 Å². The molecule has 0 spiro atoms. The molecule has 0 bridgehead atoms. The van der Waals surface area contributed by atoms with Gasteiger partial charge in [0, 0.05) is 17.6 Å².